The second-order valence-corrected chi connectivity index (χ2v) is 8.34. The average Bonchev–Trinajstić information content (AvgIpc) is 3.17. The van der Waals surface area contributed by atoms with Gasteiger partial charge in [-0.15, -0.1) is 0 Å². The Morgan fingerprint density at radius 2 is 1.72 bits per heavy atom. The largest absolute Gasteiger partial charge is 0.279 e. The van der Waals surface area contributed by atoms with Gasteiger partial charge in [-0.1, -0.05) is 60.7 Å². The smallest absolute Gasteiger partial charge is 0.260 e. The number of hydrogen-bond acceptors (Lipinski definition) is 3. The standard InChI is InChI=1S/C25H24N2OS/c1-4-19-11-13-22-23(15-19)29-25(26-22)27(16-20-8-6-5-7-9-20)24(28)21-12-10-17(2)18(3)14-21/h5-15H,4,16H2,1-3H3. The van der Waals surface area contributed by atoms with Crippen LogP contribution in [0.2, 0.25) is 0 Å². The second kappa shape index (κ2) is 8.18. The number of amides is 1. The Labute approximate surface area is 175 Å². The summed E-state index contributed by atoms with van der Waals surface area (Å²) in [5.74, 6) is -0.0216. The number of nitrogens with zero attached hydrogens (tertiary/aromatic N) is 2. The Morgan fingerprint density at radius 1 is 0.931 bits per heavy atom. The minimum Gasteiger partial charge on any atom is -0.279 e. The van der Waals surface area contributed by atoms with Gasteiger partial charge >= 0.3 is 0 Å². The van der Waals surface area contributed by atoms with Crippen molar-refractivity contribution in [1.82, 2.24) is 4.98 Å². The molecule has 4 heteroatoms. The van der Waals surface area contributed by atoms with Crippen LogP contribution in [-0.2, 0) is 13.0 Å². The van der Waals surface area contributed by atoms with E-state index in [-0.39, 0.29) is 5.91 Å². The van der Waals surface area contributed by atoms with Gasteiger partial charge in [0.25, 0.3) is 5.91 Å². The number of rotatable bonds is 5. The molecule has 1 amide bonds. The molecular formula is C25H24N2OS. The highest BCUT2D eigenvalue weighted by atomic mass is 32.1. The van der Waals surface area contributed by atoms with Crippen LogP contribution in [0.4, 0.5) is 5.13 Å². The van der Waals surface area contributed by atoms with Crippen molar-refractivity contribution in [3.63, 3.8) is 0 Å². The van der Waals surface area contributed by atoms with Crippen LogP contribution in [0.3, 0.4) is 0 Å². The number of benzene rings is 3. The first-order valence-electron chi connectivity index (χ1n) is 9.87. The molecule has 4 rings (SSSR count). The van der Waals surface area contributed by atoms with E-state index in [9.17, 15) is 4.79 Å². The van der Waals surface area contributed by atoms with Crippen LogP contribution in [0.15, 0.2) is 66.7 Å². The number of fused-ring (bicyclic) bond motifs is 1. The summed E-state index contributed by atoms with van der Waals surface area (Å²) in [6, 6.07) is 22.3. The van der Waals surface area contributed by atoms with Crippen molar-refractivity contribution in [3.8, 4) is 0 Å². The summed E-state index contributed by atoms with van der Waals surface area (Å²) in [4.78, 5) is 20.1. The van der Waals surface area contributed by atoms with Crippen molar-refractivity contribution in [2.45, 2.75) is 33.7 Å². The monoisotopic (exact) mass is 400 g/mol. The first kappa shape index (κ1) is 19.3. The normalized spacial score (nSPS) is 11.0. The van der Waals surface area contributed by atoms with Gasteiger partial charge in [0.2, 0.25) is 0 Å². The van der Waals surface area contributed by atoms with Crippen molar-refractivity contribution >= 4 is 32.6 Å². The molecular weight excluding hydrogens is 376 g/mol. The molecule has 4 aromatic rings. The maximum absolute atomic E-state index is 13.5. The lowest BCUT2D eigenvalue weighted by Crippen LogP contribution is -2.30. The van der Waals surface area contributed by atoms with Crippen LogP contribution in [0, 0.1) is 13.8 Å². The van der Waals surface area contributed by atoms with Crippen molar-refractivity contribution in [2.75, 3.05) is 4.90 Å². The molecule has 0 saturated heterocycles. The van der Waals surface area contributed by atoms with E-state index in [2.05, 4.69) is 32.0 Å². The molecule has 0 bridgehead atoms. The molecule has 0 aliphatic rings. The van der Waals surface area contributed by atoms with Crippen molar-refractivity contribution in [3.05, 3.63) is 94.5 Å². The third-order valence-electron chi connectivity index (χ3n) is 5.26. The van der Waals surface area contributed by atoms with E-state index in [1.807, 2.05) is 55.5 Å². The molecule has 29 heavy (non-hydrogen) atoms. The highest BCUT2D eigenvalue weighted by Gasteiger charge is 2.22. The van der Waals surface area contributed by atoms with Gasteiger partial charge in [-0.2, -0.15) is 0 Å². The molecule has 3 aromatic carbocycles. The summed E-state index contributed by atoms with van der Waals surface area (Å²) in [5, 5.41) is 0.736. The zero-order chi connectivity index (χ0) is 20.4. The molecule has 3 nitrogen and oxygen atoms in total. The number of aromatic nitrogens is 1. The molecule has 0 radical (unpaired) electrons. The van der Waals surface area contributed by atoms with Gasteiger partial charge in [0.1, 0.15) is 0 Å². The number of carbonyl (C=O) groups is 1. The van der Waals surface area contributed by atoms with Gasteiger partial charge < -0.3 is 0 Å². The minimum atomic E-state index is -0.0216. The number of thiazole rings is 1. The Morgan fingerprint density at radius 3 is 2.45 bits per heavy atom. The second-order valence-electron chi connectivity index (χ2n) is 7.33. The summed E-state index contributed by atoms with van der Waals surface area (Å²) in [6.07, 6.45) is 0.985. The van der Waals surface area contributed by atoms with Crippen LogP contribution < -0.4 is 4.90 Å². The van der Waals surface area contributed by atoms with Gasteiger partial charge in [-0.3, -0.25) is 9.69 Å². The summed E-state index contributed by atoms with van der Waals surface area (Å²) in [7, 11) is 0. The molecule has 0 spiro atoms. The third kappa shape index (κ3) is 4.08. The topological polar surface area (TPSA) is 33.2 Å². The Balaban J connectivity index is 1.77. The van der Waals surface area contributed by atoms with Crippen molar-refractivity contribution < 1.29 is 4.79 Å². The van der Waals surface area contributed by atoms with Gasteiger partial charge in [0, 0.05) is 5.56 Å². The van der Waals surface area contributed by atoms with Crippen LogP contribution >= 0.6 is 11.3 Å². The fourth-order valence-electron chi connectivity index (χ4n) is 3.31. The molecule has 1 aromatic heterocycles. The maximum atomic E-state index is 13.5. The van der Waals surface area contributed by atoms with E-state index in [0.717, 1.165) is 32.9 Å². The highest BCUT2D eigenvalue weighted by molar-refractivity contribution is 7.22. The number of carbonyl (C=O) groups excluding carboxylic acids is 1. The highest BCUT2D eigenvalue weighted by Crippen LogP contribution is 2.32. The minimum absolute atomic E-state index is 0.0216. The zero-order valence-electron chi connectivity index (χ0n) is 17.0. The summed E-state index contributed by atoms with van der Waals surface area (Å²) in [6.45, 7) is 6.74. The van der Waals surface area contributed by atoms with Gasteiger partial charge in [-0.05, 0) is 66.8 Å². The fourth-order valence-corrected chi connectivity index (χ4v) is 4.34. The molecule has 0 unspecified atom stereocenters. The predicted molar refractivity (Wildman–Crippen MR) is 122 cm³/mol. The molecule has 0 fully saturated rings. The van der Waals surface area contributed by atoms with Crippen LogP contribution in [-0.4, -0.2) is 10.9 Å². The Bertz CT molecular complexity index is 1160. The van der Waals surface area contributed by atoms with E-state index < -0.39 is 0 Å². The SMILES string of the molecule is CCc1ccc2nc(N(Cc3ccccc3)C(=O)c3ccc(C)c(C)c3)sc2c1. The average molecular weight is 401 g/mol. The van der Waals surface area contributed by atoms with E-state index >= 15 is 0 Å². The van der Waals surface area contributed by atoms with E-state index in [1.165, 1.54) is 11.1 Å². The summed E-state index contributed by atoms with van der Waals surface area (Å²) in [5.41, 5.74) is 6.29. The number of hydrogen-bond donors (Lipinski definition) is 0. The molecule has 0 N–H and O–H groups in total. The fraction of sp³-hybridized carbons (Fsp3) is 0.200. The third-order valence-corrected chi connectivity index (χ3v) is 6.30. The van der Waals surface area contributed by atoms with Crippen molar-refractivity contribution in [1.29, 1.82) is 0 Å². The molecule has 0 aliphatic carbocycles. The lowest BCUT2D eigenvalue weighted by Gasteiger charge is -2.20. The van der Waals surface area contributed by atoms with E-state index in [1.54, 1.807) is 16.2 Å². The van der Waals surface area contributed by atoms with Crippen molar-refractivity contribution in [2.24, 2.45) is 0 Å². The number of aryl methyl sites for hydroxylation is 3. The molecule has 146 valence electrons. The lowest BCUT2D eigenvalue weighted by molar-refractivity contribution is 0.0985. The first-order chi connectivity index (χ1) is 14.0. The molecule has 1 heterocycles. The summed E-state index contributed by atoms with van der Waals surface area (Å²) < 4.78 is 1.12. The first-order valence-corrected chi connectivity index (χ1v) is 10.7. The quantitative estimate of drug-likeness (QED) is 0.392. The predicted octanol–water partition coefficient (Wildman–Crippen LogP) is 6.32. The van der Waals surface area contributed by atoms with Gasteiger partial charge in [0.05, 0.1) is 16.8 Å². The maximum Gasteiger partial charge on any atom is 0.260 e. The van der Waals surface area contributed by atoms with E-state index in [4.69, 9.17) is 4.98 Å². The molecule has 0 atom stereocenters. The van der Waals surface area contributed by atoms with Gasteiger partial charge in [0.15, 0.2) is 5.13 Å². The van der Waals surface area contributed by atoms with Crippen LogP contribution in [0.25, 0.3) is 10.2 Å². The Kier molecular flexibility index (Phi) is 5.45. The lowest BCUT2D eigenvalue weighted by atomic mass is 10.1. The molecule has 0 aliphatic heterocycles. The molecule has 0 saturated carbocycles. The Hall–Kier alpha value is -2.98. The van der Waals surface area contributed by atoms with E-state index in [0.29, 0.717) is 12.1 Å². The zero-order valence-corrected chi connectivity index (χ0v) is 17.8. The van der Waals surface area contributed by atoms with Gasteiger partial charge in [-0.25, -0.2) is 4.98 Å². The number of anilines is 1. The van der Waals surface area contributed by atoms with Crippen LogP contribution in [0.1, 0.15) is 39.5 Å². The summed E-state index contributed by atoms with van der Waals surface area (Å²) >= 11 is 1.58. The van der Waals surface area contributed by atoms with Crippen LogP contribution in [0.5, 0.6) is 0 Å².